The van der Waals surface area contributed by atoms with E-state index in [-0.39, 0.29) is 26.1 Å². The number of allylic oxidation sites excluding steroid dienone is 1. The molecule has 33 heavy (non-hydrogen) atoms. The molecule has 1 saturated carbocycles. The Bertz CT molecular complexity index is 1090. The van der Waals surface area contributed by atoms with Gasteiger partial charge in [0.25, 0.3) is 5.91 Å². The normalized spacial score (nSPS) is 16.0. The van der Waals surface area contributed by atoms with Crippen LogP contribution in [0.3, 0.4) is 0 Å². The molecule has 1 unspecified atom stereocenters. The summed E-state index contributed by atoms with van der Waals surface area (Å²) >= 11 is 11.9. The number of hydrogen-bond acceptors (Lipinski definition) is 1. The Morgan fingerprint density at radius 3 is 2.12 bits per heavy atom. The second-order valence-corrected chi connectivity index (χ2v) is 9.42. The van der Waals surface area contributed by atoms with Gasteiger partial charge in [0, 0.05) is 20.6 Å². The first-order chi connectivity index (χ1) is 15.2. The van der Waals surface area contributed by atoms with Gasteiger partial charge in [0.1, 0.15) is 11.7 Å². The fraction of sp³-hybridized carbons (Fsp3) is 0.286. The molecule has 1 fully saturated rings. The molecule has 2 aromatic carbocycles. The van der Waals surface area contributed by atoms with Gasteiger partial charge in [-0.2, -0.15) is 26.3 Å². The molecular weight excluding hydrogens is 610 g/mol. The molecule has 0 bridgehead atoms. The van der Waals surface area contributed by atoms with Gasteiger partial charge in [0.2, 0.25) is 0 Å². The summed E-state index contributed by atoms with van der Waals surface area (Å²) in [7, 11) is 0. The molecule has 0 aromatic heterocycles. The minimum Gasteiger partial charge on any atom is -0.349 e. The Morgan fingerprint density at radius 1 is 1.06 bits per heavy atom. The minimum absolute atomic E-state index is 0.0963. The molecule has 1 aliphatic rings. The predicted octanol–water partition coefficient (Wildman–Crippen LogP) is 8.43. The Morgan fingerprint density at radius 2 is 1.64 bits per heavy atom. The van der Waals surface area contributed by atoms with E-state index in [0.717, 1.165) is 24.3 Å². The van der Waals surface area contributed by atoms with Crippen molar-refractivity contribution < 1.29 is 35.5 Å². The van der Waals surface area contributed by atoms with Gasteiger partial charge in [-0.1, -0.05) is 17.7 Å². The Balaban J connectivity index is 2.04. The molecule has 1 N–H and O–H groups in total. The molecule has 178 valence electrons. The number of hydrogen-bond donors (Lipinski definition) is 1. The van der Waals surface area contributed by atoms with Crippen LogP contribution in [0.5, 0.6) is 0 Å². The summed E-state index contributed by atoms with van der Waals surface area (Å²) in [6.07, 6.45) is -8.53. The second kappa shape index (κ2) is 9.58. The zero-order valence-corrected chi connectivity index (χ0v) is 20.1. The summed E-state index contributed by atoms with van der Waals surface area (Å²) in [5.74, 6) is -4.99. The number of benzene rings is 2. The van der Waals surface area contributed by atoms with Crippen molar-refractivity contribution in [2.24, 2.45) is 0 Å². The molecule has 0 radical (unpaired) electrons. The van der Waals surface area contributed by atoms with Gasteiger partial charge >= 0.3 is 12.4 Å². The Kier molecular flexibility index (Phi) is 7.55. The van der Waals surface area contributed by atoms with E-state index < -0.39 is 52.3 Å². The Labute approximate surface area is 205 Å². The van der Waals surface area contributed by atoms with Crippen molar-refractivity contribution in [1.82, 2.24) is 5.32 Å². The lowest BCUT2D eigenvalue weighted by atomic mass is 9.95. The van der Waals surface area contributed by atoms with E-state index in [0.29, 0.717) is 18.9 Å². The number of halogens is 10. The summed E-state index contributed by atoms with van der Waals surface area (Å²) in [6, 6.07) is 3.78. The standard InChI is InChI=1S/C21H13Br2ClF7NO/c22-15-6-10(7-16(23)18(15)24)13(20(26,27)28)8-17(25)9-1-4-12(14(5-9)21(29,30)31)19(33)32-11-2-3-11/h1,4-8,11,13H,2-3H2,(H,32,33). The maximum Gasteiger partial charge on any atom is 0.417 e. The summed E-state index contributed by atoms with van der Waals surface area (Å²) < 4.78 is 96.8. The van der Waals surface area contributed by atoms with Gasteiger partial charge in [0.05, 0.1) is 16.1 Å². The van der Waals surface area contributed by atoms with Crippen molar-refractivity contribution in [3.8, 4) is 0 Å². The van der Waals surface area contributed by atoms with E-state index in [1.165, 1.54) is 0 Å². The van der Waals surface area contributed by atoms with Crippen LogP contribution in [0, 0.1) is 0 Å². The first kappa shape index (κ1) is 26.0. The van der Waals surface area contributed by atoms with E-state index >= 15 is 0 Å². The highest BCUT2D eigenvalue weighted by Gasteiger charge is 2.41. The van der Waals surface area contributed by atoms with Crippen LogP contribution in [-0.4, -0.2) is 18.1 Å². The molecule has 3 rings (SSSR count). The second-order valence-electron chi connectivity index (χ2n) is 7.34. The third-order valence-electron chi connectivity index (χ3n) is 4.79. The highest BCUT2D eigenvalue weighted by molar-refractivity contribution is 9.11. The number of nitrogens with one attached hydrogen (secondary N) is 1. The first-order valence-electron chi connectivity index (χ1n) is 9.29. The number of carbonyl (C=O) groups is 1. The van der Waals surface area contributed by atoms with Crippen molar-refractivity contribution in [2.75, 3.05) is 0 Å². The van der Waals surface area contributed by atoms with Crippen LogP contribution in [0.25, 0.3) is 5.83 Å². The molecule has 1 amide bonds. The molecule has 0 heterocycles. The fourth-order valence-corrected chi connectivity index (χ4v) is 4.32. The minimum atomic E-state index is -5.03. The topological polar surface area (TPSA) is 29.1 Å². The lowest BCUT2D eigenvalue weighted by Gasteiger charge is -2.19. The lowest BCUT2D eigenvalue weighted by Crippen LogP contribution is -2.28. The highest BCUT2D eigenvalue weighted by Crippen LogP contribution is 2.43. The molecule has 1 aliphatic carbocycles. The van der Waals surface area contributed by atoms with Crippen molar-refractivity contribution in [3.05, 3.63) is 72.6 Å². The van der Waals surface area contributed by atoms with Crippen LogP contribution in [0.4, 0.5) is 30.7 Å². The SMILES string of the molecule is O=C(NC1CC1)c1ccc(C(F)=CC(c2cc(Br)c(Cl)c(Br)c2)C(F)(F)F)cc1C(F)(F)F. The molecule has 0 spiro atoms. The van der Waals surface area contributed by atoms with Gasteiger partial charge in [-0.05, 0) is 80.6 Å². The fourth-order valence-electron chi connectivity index (χ4n) is 2.99. The monoisotopic (exact) mass is 621 g/mol. The largest absolute Gasteiger partial charge is 0.417 e. The number of amides is 1. The van der Waals surface area contributed by atoms with Crippen molar-refractivity contribution >= 4 is 55.2 Å². The molecular formula is C21H13Br2ClF7NO. The average Bonchev–Trinajstić information content (AvgIpc) is 3.51. The van der Waals surface area contributed by atoms with Crippen molar-refractivity contribution in [1.29, 1.82) is 0 Å². The van der Waals surface area contributed by atoms with Gasteiger partial charge in [-0.15, -0.1) is 0 Å². The molecule has 0 aliphatic heterocycles. The summed E-state index contributed by atoms with van der Waals surface area (Å²) in [5, 5.41) is 2.50. The van der Waals surface area contributed by atoms with Crippen LogP contribution in [0.2, 0.25) is 5.02 Å². The van der Waals surface area contributed by atoms with Crippen molar-refractivity contribution in [3.63, 3.8) is 0 Å². The van der Waals surface area contributed by atoms with Crippen LogP contribution in [-0.2, 0) is 6.18 Å². The molecule has 2 aromatic rings. The average molecular weight is 624 g/mol. The summed E-state index contributed by atoms with van der Waals surface area (Å²) in [6.45, 7) is 0. The third kappa shape index (κ3) is 6.30. The number of rotatable bonds is 5. The predicted molar refractivity (Wildman–Crippen MR) is 117 cm³/mol. The quantitative estimate of drug-likeness (QED) is 0.263. The van der Waals surface area contributed by atoms with E-state index in [1.807, 2.05) is 0 Å². The van der Waals surface area contributed by atoms with E-state index in [2.05, 4.69) is 37.2 Å². The van der Waals surface area contributed by atoms with E-state index in [9.17, 15) is 35.5 Å². The smallest absolute Gasteiger partial charge is 0.349 e. The van der Waals surface area contributed by atoms with Crippen LogP contribution < -0.4 is 5.32 Å². The Hall–Kier alpha value is -1.59. The van der Waals surface area contributed by atoms with Crippen LogP contribution >= 0.6 is 43.5 Å². The van der Waals surface area contributed by atoms with Crippen LogP contribution in [0.1, 0.15) is 45.8 Å². The van der Waals surface area contributed by atoms with E-state index in [4.69, 9.17) is 11.6 Å². The maximum absolute atomic E-state index is 14.8. The first-order valence-corrected chi connectivity index (χ1v) is 11.3. The van der Waals surface area contributed by atoms with Gasteiger partial charge in [0.15, 0.2) is 0 Å². The summed E-state index contributed by atoms with van der Waals surface area (Å²) in [4.78, 5) is 12.1. The molecule has 2 nitrogen and oxygen atoms in total. The maximum atomic E-state index is 14.8. The lowest BCUT2D eigenvalue weighted by molar-refractivity contribution is -0.140. The number of carbonyl (C=O) groups excluding carboxylic acids is 1. The van der Waals surface area contributed by atoms with Gasteiger partial charge in [-0.25, -0.2) is 4.39 Å². The zero-order valence-electron chi connectivity index (χ0n) is 16.2. The van der Waals surface area contributed by atoms with E-state index in [1.54, 1.807) is 0 Å². The van der Waals surface area contributed by atoms with Gasteiger partial charge in [-0.3, -0.25) is 4.79 Å². The molecule has 12 heteroatoms. The van der Waals surface area contributed by atoms with Crippen molar-refractivity contribution in [2.45, 2.75) is 37.2 Å². The third-order valence-corrected chi connectivity index (χ3v) is 6.90. The van der Waals surface area contributed by atoms with Crippen LogP contribution in [0.15, 0.2) is 45.4 Å². The summed E-state index contributed by atoms with van der Waals surface area (Å²) in [5.41, 5.74) is -3.31. The molecule has 0 saturated heterocycles. The molecule has 1 atom stereocenters. The zero-order chi connectivity index (χ0) is 24.7. The van der Waals surface area contributed by atoms with Gasteiger partial charge < -0.3 is 5.32 Å². The number of alkyl halides is 6. The highest BCUT2D eigenvalue weighted by atomic mass is 79.9.